The number of halogens is 2. The molecule has 3 rings (SSSR count). The standard InChI is InChI=1S/C17H11BrClNO/c18-15-8-7-14(10-16(15)19)20-17(21)13-6-5-11-3-1-2-4-12(11)9-13/h1-10H,(H,20,21). The Labute approximate surface area is 135 Å². The minimum Gasteiger partial charge on any atom is -0.322 e. The van der Waals surface area contributed by atoms with Gasteiger partial charge in [0.2, 0.25) is 0 Å². The summed E-state index contributed by atoms with van der Waals surface area (Å²) in [5.41, 5.74) is 1.29. The molecule has 0 atom stereocenters. The molecule has 4 heteroatoms. The van der Waals surface area contributed by atoms with Gasteiger partial charge in [-0.05, 0) is 57.0 Å². The van der Waals surface area contributed by atoms with Crippen LogP contribution in [-0.4, -0.2) is 5.91 Å². The summed E-state index contributed by atoms with van der Waals surface area (Å²) in [7, 11) is 0. The fourth-order valence-corrected chi connectivity index (χ4v) is 2.53. The molecule has 2 nitrogen and oxygen atoms in total. The molecule has 1 amide bonds. The highest BCUT2D eigenvalue weighted by Gasteiger charge is 2.08. The summed E-state index contributed by atoms with van der Waals surface area (Å²) in [5.74, 6) is -0.154. The van der Waals surface area contributed by atoms with Crippen LogP contribution in [-0.2, 0) is 0 Å². The maximum absolute atomic E-state index is 12.3. The van der Waals surface area contributed by atoms with Crippen LogP contribution in [0.3, 0.4) is 0 Å². The monoisotopic (exact) mass is 359 g/mol. The van der Waals surface area contributed by atoms with Gasteiger partial charge in [0.15, 0.2) is 0 Å². The van der Waals surface area contributed by atoms with E-state index in [1.165, 1.54) is 0 Å². The van der Waals surface area contributed by atoms with Crippen molar-refractivity contribution in [3.8, 4) is 0 Å². The Bertz CT molecular complexity index is 832. The Morgan fingerprint density at radius 3 is 2.48 bits per heavy atom. The third-order valence-electron chi connectivity index (χ3n) is 3.19. The van der Waals surface area contributed by atoms with Gasteiger partial charge in [-0.3, -0.25) is 4.79 Å². The Morgan fingerprint density at radius 1 is 0.952 bits per heavy atom. The zero-order chi connectivity index (χ0) is 14.8. The maximum atomic E-state index is 12.3. The van der Waals surface area contributed by atoms with Crippen molar-refractivity contribution in [2.24, 2.45) is 0 Å². The average molecular weight is 361 g/mol. The highest BCUT2D eigenvalue weighted by Crippen LogP contribution is 2.26. The summed E-state index contributed by atoms with van der Waals surface area (Å²) in [5, 5.41) is 5.56. The maximum Gasteiger partial charge on any atom is 0.255 e. The molecular weight excluding hydrogens is 350 g/mol. The normalized spacial score (nSPS) is 10.6. The molecule has 0 spiro atoms. The van der Waals surface area contributed by atoms with E-state index in [2.05, 4.69) is 21.2 Å². The predicted molar refractivity (Wildman–Crippen MR) is 91.1 cm³/mol. The van der Waals surface area contributed by atoms with Gasteiger partial charge in [0.05, 0.1) is 5.02 Å². The third kappa shape index (κ3) is 3.09. The lowest BCUT2D eigenvalue weighted by molar-refractivity contribution is 0.102. The van der Waals surface area contributed by atoms with E-state index in [0.717, 1.165) is 15.2 Å². The van der Waals surface area contributed by atoms with Gasteiger partial charge in [0.1, 0.15) is 0 Å². The number of fused-ring (bicyclic) bond motifs is 1. The average Bonchev–Trinajstić information content (AvgIpc) is 2.50. The van der Waals surface area contributed by atoms with Gasteiger partial charge in [-0.1, -0.05) is 41.9 Å². The molecule has 0 fully saturated rings. The van der Waals surface area contributed by atoms with E-state index in [-0.39, 0.29) is 5.91 Å². The number of rotatable bonds is 2. The molecule has 0 saturated carbocycles. The number of anilines is 1. The summed E-state index contributed by atoms with van der Waals surface area (Å²) in [6.07, 6.45) is 0. The zero-order valence-electron chi connectivity index (χ0n) is 10.9. The quantitative estimate of drug-likeness (QED) is 0.641. The predicted octanol–water partition coefficient (Wildman–Crippen LogP) is 5.51. The van der Waals surface area contributed by atoms with E-state index in [0.29, 0.717) is 16.3 Å². The molecule has 0 aliphatic carbocycles. The summed E-state index contributed by atoms with van der Waals surface area (Å²) >= 11 is 9.35. The smallest absolute Gasteiger partial charge is 0.255 e. The van der Waals surface area contributed by atoms with E-state index >= 15 is 0 Å². The molecule has 104 valence electrons. The Kier molecular flexibility index (Phi) is 3.95. The molecule has 1 N–H and O–H groups in total. The van der Waals surface area contributed by atoms with E-state index in [4.69, 9.17) is 11.6 Å². The number of benzene rings is 3. The van der Waals surface area contributed by atoms with E-state index in [9.17, 15) is 4.79 Å². The number of nitrogens with one attached hydrogen (secondary N) is 1. The van der Waals surface area contributed by atoms with Crippen molar-refractivity contribution >= 4 is 49.9 Å². The lowest BCUT2D eigenvalue weighted by atomic mass is 10.1. The Hall–Kier alpha value is -1.84. The molecule has 0 bridgehead atoms. The first-order valence-corrected chi connectivity index (χ1v) is 7.56. The zero-order valence-corrected chi connectivity index (χ0v) is 13.3. The van der Waals surface area contributed by atoms with Crippen molar-refractivity contribution in [1.29, 1.82) is 0 Å². The fourth-order valence-electron chi connectivity index (χ4n) is 2.11. The third-order valence-corrected chi connectivity index (χ3v) is 4.42. The van der Waals surface area contributed by atoms with E-state index in [1.54, 1.807) is 18.2 Å². The van der Waals surface area contributed by atoms with E-state index < -0.39 is 0 Å². The summed E-state index contributed by atoms with van der Waals surface area (Å²) in [6, 6.07) is 18.9. The van der Waals surface area contributed by atoms with Crippen LogP contribution >= 0.6 is 27.5 Å². The molecule has 0 unspecified atom stereocenters. The summed E-state index contributed by atoms with van der Waals surface area (Å²) in [6.45, 7) is 0. The van der Waals surface area contributed by atoms with Gasteiger partial charge in [-0.2, -0.15) is 0 Å². The molecule has 3 aromatic carbocycles. The minimum absolute atomic E-state index is 0.154. The van der Waals surface area contributed by atoms with Crippen LogP contribution in [0.4, 0.5) is 5.69 Å². The van der Waals surface area contributed by atoms with Crippen molar-refractivity contribution in [3.63, 3.8) is 0 Å². The van der Waals surface area contributed by atoms with Crippen LogP contribution in [0.1, 0.15) is 10.4 Å². The number of carbonyl (C=O) groups excluding carboxylic acids is 1. The van der Waals surface area contributed by atoms with Crippen LogP contribution < -0.4 is 5.32 Å². The van der Waals surface area contributed by atoms with Gasteiger partial charge >= 0.3 is 0 Å². The highest BCUT2D eigenvalue weighted by atomic mass is 79.9. The highest BCUT2D eigenvalue weighted by molar-refractivity contribution is 9.10. The largest absolute Gasteiger partial charge is 0.322 e. The second kappa shape index (κ2) is 5.88. The van der Waals surface area contributed by atoms with Gasteiger partial charge in [0, 0.05) is 15.7 Å². The molecule has 3 aromatic rings. The Morgan fingerprint density at radius 2 is 1.71 bits per heavy atom. The van der Waals surface area contributed by atoms with Gasteiger partial charge in [-0.15, -0.1) is 0 Å². The molecule has 0 saturated heterocycles. The summed E-state index contributed by atoms with van der Waals surface area (Å²) in [4.78, 5) is 12.3. The molecule has 21 heavy (non-hydrogen) atoms. The topological polar surface area (TPSA) is 29.1 Å². The van der Waals surface area contributed by atoms with Crippen molar-refractivity contribution in [1.82, 2.24) is 0 Å². The molecule has 0 heterocycles. The number of amides is 1. The van der Waals surface area contributed by atoms with Crippen molar-refractivity contribution in [2.45, 2.75) is 0 Å². The molecule has 0 aromatic heterocycles. The summed E-state index contributed by atoms with van der Waals surface area (Å²) < 4.78 is 0.799. The Balaban J connectivity index is 1.87. The molecule has 0 aliphatic heterocycles. The first-order chi connectivity index (χ1) is 10.1. The van der Waals surface area contributed by atoms with Crippen LogP contribution in [0.5, 0.6) is 0 Å². The number of carbonyl (C=O) groups is 1. The molecular formula is C17H11BrClNO. The lowest BCUT2D eigenvalue weighted by Crippen LogP contribution is -2.11. The SMILES string of the molecule is O=C(Nc1ccc(Br)c(Cl)c1)c1ccc2ccccc2c1. The lowest BCUT2D eigenvalue weighted by Gasteiger charge is -2.07. The minimum atomic E-state index is -0.154. The van der Waals surface area contributed by atoms with Crippen molar-refractivity contribution in [3.05, 3.63) is 75.7 Å². The van der Waals surface area contributed by atoms with Crippen molar-refractivity contribution < 1.29 is 4.79 Å². The van der Waals surface area contributed by atoms with Crippen LogP contribution in [0.2, 0.25) is 5.02 Å². The first kappa shape index (κ1) is 14.1. The van der Waals surface area contributed by atoms with Gasteiger partial charge < -0.3 is 5.32 Å². The van der Waals surface area contributed by atoms with Crippen LogP contribution in [0.25, 0.3) is 10.8 Å². The number of hydrogen-bond acceptors (Lipinski definition) is 1. The second-order valence-corrected chi connectivity index (χ2v) is 5.91. The second-order valence-electron chi connectivity index (χ2n) is 4.64. The van der Waals surface area contributed by atoms with Crippen LogP contribution in [0.15, 0.2) is 65.1 Å². The number of hydrogen-bond donors (Lipinski definition) is 1. The van der Waals surface area contributed by atoms with Crippen molar-refractivity contribution in [2.75, 3.05) is 5.32 Å². The van der Waals surface area contributed by atoms with Gasteiger partial charge in [0.25, 0.3) is 5.91 Å². The first-order valence-electron chi connectivity index (χ1n) is 6.39. The molecule has 0 radical (unpaired) electrons. The molecule has 0 aliphatic rings. The van der Waals surface area contributed by atoms with Gasteiger partial charge in [-0.25, -0.2) is 0 Å². The van der Waals surface area contributed by atoms with E-state index in [1.807, 2.05) is 42.5 Å². The van der Waals surface area contributed by atoms with Crippen LogP contribution in [0, 0.1) is 0 Å². The fraction of sp³-hybridized carbons (Fsp3) is 0.